The molecule has 21 heavy (non-hydrogen) atoms. The number of carbonyl (C=O) groups excluding carboxylic acids is 1. The van der Waals surface area contributed by atoms with E-state index in [-0.39, 0.29) is 18.5 Å². The second-order valence-electron chi connectivity index (χ2n) is 5.08. The maximum absolute atomic E-state index is 12.0. The van der Waals surface area contributed by atoms with Crippen LogP contribution in [0.1, 0.15) is 25.8 Å². The molecular formula is C14H21ClN2O3S. The molecule has 1 rings (SSSR count). The maximum Gasteiger partial charge on any atom is 0.239 e. The van der Waals surface area contributed by atoms with Crippen LogP contribution in [-0.4, -0.2) is 37.5 Å². The molecule has 0 saturated heterocycles. The molecule has 1 aromatic rings. The molecule has 1 N–H and O–H groups in total. The highest BCUT2D eigenvalue weighted by Gasteiger charge is 2.24. The van der Waals surface area contributed by atoms with Crippen molar-refractivity contribution >= 4 is 33.2 Å². The third-order valence-corrected chi connectivity index (χ3v) is 5.01. The van der Waals surface area contributed by atoms with Crippen molar-refractivity contribution in [2.24, 2.45) is 0 Å². The Labute approximate surface area is 131 Å². The van der Waals surface area contributed by atoms with Crippen LogP contribution in [0.25, 0.3) is 0 Å². The molecule has 7 heteroatoms. The molecule has 0 radical (unpaired) electrons. The lowest BCUT2D eigenvalue weighted by Crippen LogP contribution is -2.42. The van der Waals surface area contributed by atoms with Crippen LogP contribution in [0, 0.1) is 6.92 Å². The van der Waals surface area contributed by atoms with Gasteiger partial charge >= 0.3 is 0 Å². The van der Waals surface area contributed by atoms with E-state index in [9.17, 15) is 13.2 Å². The van der Waals surface area contributed by atoms with Crippen molar-refractivity contribution in [1.29, 1.82) is 0 Å². The van der Waals surface area contributed by atoms with E-state index in [2.05, 4.69) is 5.32 Å². The zero-order valence-electron chi connectivity index (χ0n) is 12.7. The van der Waals surface area contributed by atoms with Gasteiger partial charge in [0.05, 0.1) is 12.8 Å². The van der Waals surface area contributed by atoms with Crippen LogP contribution in [0.3, 0.4) is 0 Å². The van der Waals surface area contributed by atoms with Gasteiger partial charge in [0.2, 0.25) is 15.9 Å². The number of rotatable bonds is 6. The molecule has 118 valence electrons. The summed E-state index contributed by atoms with van der Waals surface area (Å²) in [5, 5.41) is 3.21. The molecule has 0 aliphatic carbocycles. The van der Waals surface area contributed by atoms with Crippen molar-refractivity contribution < 1.29 is 13.2 Å². The fourth-order valence-electron chi connectivity index (χ4n) is 1.82. The van der Waals surface area contributed by atoms with Crippen molar-refractivity contribution in [3.63, 3.8) is 0 Å². The molecule has 0 spiro atoms. The second-order valence-corrected chi connectivity index (χ2v) is 7.42. The summed E-state index contributed by atoms with van der Waals surface area (Å²) in [5.74, 6) is -0.388. The van der Waals surface area contributed by atoms with Crippen LogP contribution in [-0.2, 0) is 14.8 Å². The van der Waals surface area contributed by atoms with Crippen LogP contribution in [0.2, 0.25) is 5.02 Å². The predicted octanol–water partition coefficient (Wildman–Crippen LogP) is 2.65. The first-order valence-electron chi connectivity index (χ1n) is 6.68. The average Bonchev–Trinajstić information content (AvgIpc) is 2.38. The summed E-state index contributed by atoms with van der Waals surface area (Å²) in [4.78, 5) is 12.0. The number of anilines is 1. The van der Waals surface area contributed by atoms with Crippen LogP contribution in [0.15, 0.2) is 18.2 Å². The lowest BCUT2D eigenvalue weighted by molar-refractivity contribution is -0.116. The normalized spacial score (nSPS) is 13.2. The van der Waals surface area contributed by atoms with Gasteiger partial charge in [0.1, 0.15) is 0 Å². The first-order valence-corrected chi connectivity index (χ1v) is 8.90. The maximum atomic E-state index is 12.0. The molecule has 1 amide bonds. The molecule has 0 saturated carbocycles. The summed E-state index contributed by atoms with van der Waals surface area (Å²) in [6.45, 7) is 5.30. The highest BCUT2D eigenvalue weighted by Crippen LogP contribution is 2.20. The topological polar surface area (TPSA) is 66.5 Å². The Morgan fingerprint density at radius 2 is 2.05 bits per heavy atom. The minimum atomic E-state index is -3.43. The fourth-order valence-corrected chi connectivity index (χ4v) is 3.15. The molecule has 1 unspecified atom stereocenters. The largest absolute Gasteiger partial charge is 0.325 e. The number of halogens is 1. The first kappa shape index (κ1) is 17.9. The smallest absolute Gasteiger partial charge is 0.239 e. The minimum Gasteiger partial charge on any atom is -0.325 e. The van der Waals surface area contributed by atoms with Gasteiger partial charge < -0.3 is 5.32 Å². The standard InChI is InChI=1S/C14H21ClN2O3S/c1-5-11(3)17(21(4,19)20)9-14(18)16-12-7-6-10(2)13(15)8-12/h6-8,11H,5,9H2,1-4H3,(H,16,18). The van der Waals surface area contributed by atoms with Gasteiger partial charge in [0.15, 0.2) is 0 Å². The van der Waals surface area contributed by atoms with Gasteiger partial charge in [0, 0.05) is 16.8 Å². The van der Waals surface area contributed by atoms with Crippen LogP contribution < -0.4 is 5.32 Å². The molecule has 0 heterocycles. The second kappa shape index (κ2) is 7.24. The zero-order valence-corrected chi connectivity index (χ0v) is 14.3. The van der Waals surface area contributed by atoms with Crippen molar-refractivity contribution in [3.8, 4) is 0 Å². The molecule has 5 nitrogen and oxygen atoms in total. The van der Waals surface area contributed by atoms with Crippen molar-refractivity contribution in [2.45, 2.75) is 33.2 Å². The third kappa shape index (κ3) is 5.30. The van der Waals surface area contributed by atoms with E-state index < -0.39 is 10.0 Å². The van der Waals surface area contributed by atoms with E-state index >= 15 is 0 Å². The Kier molecular flexibility index (Phi) is 6.19. The van der Waals surface area contributed by atoms with E-state index in [0.717, 1.165) is 11.8 Å². The molecule has 0 aliphatic heterocycles. The average molecular weight is 333 g/mol. The Morgan fingerprint density at radius 3 is 2.52 bits per heavy atom. The molecule has 1 atom stereocenters. The summed E-state index contributed by atoms with van der Waals surface area (Å²) < 4.78 is 24.7. The summed E-state index contributed by atoms with van der Waals surface area (Å²) in [6, 6.07) is 4.93. The predicted molar refractivity (Wildman–Crippen MR) is 86.1 cm³/mol. The number of sulfonamides is 1. The number of nitrogens with zero attached hydrogens (tertiary/aromatic N) is 1. The van der Waals surface area contributed by atoms with Gasteiger partial charge in [-0.3, -0.25) is 4.79 Å². The molecule has 0 aromatic heterocycles. The number of hydrogen-bond acceptors (Lipinski definition) is 3. The van der Waals surface area contributed by atoms with Gasteiger partial charge in [-0.1, -0.05) is 24.6 Å². The number of aryl methyl sites for hydroxylation is 1. The Balaban J connectivity index is 2.81. The Morgan fingerprint density at radius 1 is 1.43 bits per heavy atom. The van der Waals surface area contributed by atoms with E-state index in [1.807, 2.05) is 13.8 Å². The molecule has 0 bridgehead atoms. The molecular weight excluding hydrogens is 312 g/mol. The lowest BCUT2D eigenvalue weighted by atomic mass is 10.2. The van der Waals surface area contributed by atoms with Gasteiger partial charge in [-0.2, -0.15) is 4.31 Å². The number of carbonyl (C=O) groups is 1. The monoisotopic (exact) mass is 332 g/mol. The van der Waals surface area contributed by atoms with E-state index in [1.165, 1.54) is 4.31 Å². The highest BCUT2D eigenvalue weighted by molar-refractivity contribution is 7.88. The van der Waals surface area contributed by atoms with Gasteiger partial charge in [-0.05, 0) is 38.0 Å². The molecule has 0 aliphatic rings. The number of nitrogens with one attached hydrogen (secondary N) is 1. The first-order chi connectivity index (χ1) is 9.65. The van der Waals surface area contributed by atoms with Gasteiger partial charge in [-0.15, -0.1) is 0 Å². The lowest BCUT2D eigenvalue weighted by Gasteiger charge is -2.25. The summed E-state index contributed by atoms with van der Waals surface area (Å²) >= 11 is 5.99. The number of benzene rings is 1. The SMILES string of the molecule is CCC(C)N(CC(=O)Nc1ccc(C)c(Cl)c1)S(C)(=O)=O. The van der Waals surface area contributed by atoms with Crippen molar-refractivity contribution in [1.82, 2.24) is 4.31 Å². The summed E-state index contributed by atoms with van der Waals surface area (Å²) in [5.41, 5.74) is 1.46. The van der Waals surface area contributed by atoms with Crippen molar-refractivity contribution in [2.75, 3.05) is 18.1 Å². The molecule has 0 fully saturated rings. The van der Waals surface area contributed by atoms with Crippen LogP contribution in [0.5, 0.6) is 0 Å². The highest BCUT2D eigenvalue weighted by atomic mass is 35.5. The quantitative estimate of drug-likeness (QED) is 0.870. The summed E-state index contributed by atoms with van der Waals surface area (Å²) in [7, 11) is -3.43. The Bertz CT molecular complexity index is 617. The summed E-state index contributed by atoms with van der Waals surface area (Å²) in [6.07, 6.45) is 1.74. The van der Waals surface area contributed by atoms with E-state index in [1.54, 1.807) is 25.1 Å². The van der Waals surface area contributed by atoms with Crippen LogP contribution >= 0.6 is 11.6 Å². The third-order valence-electron chi connectivity index (χ3n) is 3.26. The van der Waals surface area contributed by atoms with E-state index in [0.29, 0.717) is 17.1 Å². The zero-order chi connectivity index (χ0) is 16.2. The number of amides is 1. The van der Waals surface area contributed by atoms with Crippen LogP contribution in [0.4, 0.5) is 5.69 Å². The fraction of sp³-hybridized carbons (Fsp3) is 0.500. The number of hydrogen-bond donors (Lipinski definition) is 1. The van der Waals surface area contributed by atoms with Gasteiger partial charge in [0.25, 0.3) is 0 Å². The van der Waals surface area contributed by atoms with Crippen molar-refractivity contribution in [3.05, 3.63) is 28.8 Å². The minimum absolute atomic E-state index is 0.209. The van der Waals surface area contributed by atoms with Gasteiger partial charge in [-0.25, -0.2) is 8.42 Å². The molecule has 1 aromatic carbocycles. The van der Waals surface area contributed by atoms with E-state index in [4.69, 9.17) is 11.6 Å². The Hall–Kier alpha value is -1.11.